The number of hydrogen-bond donors (Lipinski definition) is 2. The van der Waals surface area contributed by atoms with Crippen molar-refractivity contribution in [2.75, 3.05) is 20.8 Å². The molecule has 16 heavy (non-hydrogen) atoms. The van der Waals surface area contributed by atoms with Gasteiger partial charge in [0, 0.05) is 6.04 Å². The highest BCUT2D eigenvalue weighted by Gasteiger charge is 2.12. The first-order valence-electron chi connectivity index (χ1n) is 4.89. The summed E-state index contributed by atoms with van der Waals surface area (Å²) in [6, 6.07) is 3.51. The van der Waals surface area contributed by atoms with E-state index in [0.29, 0.717) is 17.9 Å². The fourth-order valence-electron chi connectivity index (χ4n) is 1.46. The topological polar surface area (TPSA) is 64.7 Å². The average Bonchev–Trinajstić information content (AvgIpc) is 2.28. The second-order valence-corrected chi connectivity index (χ2v) is 4.31. The number of rotatable bonds is 5. The first kappa shape index (κ1) is 13.3. The predicted molar refractivity (Wildman–Crippen MR) is 66.0 cm³/mol. The Morgan fingerprint density at radius 1 is 1.38 bits per heavy atom. The number of methoxy groups -OCH3 is 2. The molecule has 0 aliphatic carbocycles. The van der Waals surface area contributed by atoms with Crippen LogP contribution in [-0.4, -0.2) is 32.0 Å². The summed E-state index contributed by atoms with van der Waals surface area (Å²) < 4.78 is 11.2. The van der Waals surface area contributed by atoms with Crippen LogP contribution in [0.1, 0.15) is 5.56 Å². The molecule has 0 bridgehead atoms. The molecule has 1 atom stereocenters. The van der Waals surface area contributed by atoms with E-state index in [4.69, 9.17) is 20.3 Å². The molecule has 1 aromatic rings. The quantitative estimate of drug-likeness (QED) is 0.858. The zero-order valence-electron chi connectivity index (χ0n) is 9.37. The molecule has 4 nitrogen and oxygen atoms in total. The van der Waals surface area contributed by atoms with Crippen LogP contribution in [0.3, 0.4) is 0 Å². The van der Waals surface area contributed by atoms with Gasteiger partial charge in [0.25, 0.3) is 0 Å². The van der Waals surface area contributed by atoms with E-state index in [0.717, 1.165) is 10.0 Å². The Kier molecular flexibility index (Phi) is 5.05. The summed E-state index contributed by atoms with van der Waals surface area (Å²) in [5.41, 5.74) is 6.67. The van der Waals surface area contributed by atoms with Crippen LogP contribution >= 0.6 is 15.9 Å². The van der Waals surface area contributed by atoms with Gasteiger partial charge in [-0.15, -0.1) is 0 Å². The van der Waals surface area contributed by atoms with Crippen LogP contribution in [0.15, 0.2) is 16.6 Å². The fourth-order valence-corrected chi connectivity index (χ4v) is 2.11. The van der Waals surface area contributed by atoms with Crippen molar-refractivity contribution in [1.29, 1.82) is 0 Å². The molecule has 90 valence electrons. The third kappa shape index (κ3) is 3.10. The third-order valence-corrected chi connectivity index (χ3v) is 2.81. The number of aliphatic hydroxyl groups is 1. The minimum Gasteiger partial charge on any atom is -0.493 e. The Labute approximate surface area is 103 Å². The van der Waals surface area contributed by atoms with Crippen LogP contribution in [0.4, 0.5) is 0 Å². The molecular formula is C11H16BrNO3. The van der Waals surface area contributed by atoms with Gasteiger partial charge in [-0.05, 0) is 40.0 Å². The molecule has 0 radical (unpaired) electrons. The second kappa shape index (κ2) is 6.08. The van der Waals surface area contributed by atoms with Crippen LogP contribution in [-0.2, 0) is 6.42 Å². The van der Waals surface area contributed by atoms with Crippen molar-refractivity contribution in [3.05, 3.63) is 22.2 Å². The minimum absolute atomic E-state index is 0.0358. The summed E-state index contributed by atoms with van der Waals surface area (Å²) in [5, 5.41) is 8.90. The number of halogens is 1. The number of aliphatic hydroxyl groups excluding tert-OH is 1. The number of hydrogen-bond acceptors (Lipinski definition) is 4. The third-order valence-electron chi connectivity index (χ3n) is 2.23. The van der Waals surface area contributed by atoms with Gasteiger partial charge in [-0.1, -0.05) is 0 Å². The largest absolute Gasteiger partial charge is 0.493 e. The number of ether oxygens (including phenoxy) is 2. The van der Waals surface area contributed by atoms with Gasteiger partial charge in [0.1, 0.15) is 0 Å². The second-order valence-electron chi connectivity index (χ2n) is 3.46. The van der Waals surface area contributed by atoms with Gasteiger partial charge in [-0.25, -0.2) is 0 Å². The molecule has 0 heterocycles. The molecule has 0 spiro atoms. The molecule has 1 unspecified atom stereocenters. The molecule has 0 amide bonds. The van der Waals surface area contributed by atoms with Crippen molar-refractivity contribution in [1.82, 2.24) is 0 Å². The first-order chi connectivity index (χ1) is 7.62. The van der Waals surface area contributed by atoms with E-state index in [9.17, 15) is 0 Å². The molecule has 0 fully saturated rings. The van der Waals surface area contributed by atoms with Crippen molar-refractivity contribution < 1.29 is 14.6 Å². The minimum atomic E-state index is -0.259. The van der Waals surface area contributed by atoms with Gasteiger partial charge < -0.3 is 20.3 Å². The molecule has 1 aromatic carbocycles. The van der Waals surface area contributed by atoms with E-state index < -0.39 is 0 Å². The van der Waals surface area contributed by atoms with Crippen LogP contribution in [0.2, 0.25) is 0 Å². The van der Waals surface area contributed by atoms with E-state index >= 15 is 0 Å². The van der Waals surface area contributed by atoms with E-state index in [1.807, 2.05) is 12.1 Å². The Morgan fingerprint density at radius 3 is 2.56 bits per heavy atom. The van der Waals surface area contributed by atoms with Gasteiger partial charge in [0.05, 0.1) is 25.3 Å². The van der Waals surface area contributed by atoms with E-state index in [1.54, 1.807) is 14.2 Å². The maximum absolute atomic E-state index is 8.90. The predicted octanol–water partition coefficient (Wildman–Crippen LogP) is 1.33. The van der Waals surface area contributed by atoms with Crippen molar-refractivity contribution >= 4 is 15.9 Å². The van der Waals surface area contributed by atoms with Crippen LogP contribution in [0.5, 0.6) is 11.5 Å². The van der Waals surface area contributed by atoms with E-state index in [-0.39, 0.29) is 12.6 Å². The molecule has 0 saturated heterocycles. The first-order valence-corrected chi connectivity index (χ1v) is 5.68. The number of benzene rings is 1. The summed E-state index contributed by atoms with van der Waals surface area (Å²) in [6.07, 6.45) is 0.593. The van der Waals surface area contributed by atoms with Crippen LogP contribution < -0.4 is 15.2 Å². The molecular weight excluding hydrogens is 274 g/mol. The monoisotopic (exact) mass is 289 g/mol. The molecule has 3 N–H and O–H groups in total. The molecule has 0 aliphatic heterocycles. The summed E-state index contributed by atoms with van der Waals surface area (Å²) >= 11 is 3.40. The molecule has 0 aliphatic rings. The highest BCUT2D eigenvalue weighted by Crippen LogP contribution is 2.36. The Morgan fingerprint density at radius 2 is 2.06 bits per heavy atom. The summed E-state index contributed by atoms with van der Waals surface area (Å²) in [4.78, 5) is 0. The summed E-state index contributed by atoms with van der Waals surface area (Å²) in [6.45, 7) is -0.0358. The SMILES string of the molecule is COc1cc(CC(N)CO)cc(Br)c1OC. The number of nitrogens with two attached hydrogens (primary N) is 1. The van der Waals surface area contributed by atoms with Gasteiger partial charge in [0.2, 0.25) is 0 Å². The van der Waals surface area contributed by atoms with Crippen molar-refractivity contribution in [3.8, 4) is 11.5 Å². The Balaban J connectivity index is 3.00. The van der Waals surface area contributed by atoms with Crippen molar-refractivity contribution in [2.24, 2.45) is 5.73 Å². The van der Waals surface area contributed by atoms with Gasteiger partial charge in [-0.2, -0.15) is 0 Å². The van der Waals surface area contributed by atoms with Crippen molar-refractivity contribution in [2.45, 2.75) is 12.5 Å². The maximum atomic E-state index is 8.90. The van der Waals surface area contributed by atoms with Crippen LogP contribution in [0, 0.1) is 0 Å². The lowest BCUT2D eigenvalue weighted by atomic mass is 10.1. The average molecular weight is 290 g/mol. The van der Waals surface area contributed by atoms with Gasteiger partial charge in [0.15, 0.2) is 11.5 Å². The van der Waals surface area contributed by atoms with Crippen molar-refractivity contribution in [3.63, 3.8) is 0 Å². The lowest BCUT2D eigenvalue weighted by Crippen LogP contribution is -2.26. The summed E-state index contributed by atoms with van der Waals surface area (Å²) in [5.74, 6) is 1.31. The van der Waals surface area contributed by atoms with Crippen LogP contribution in [0.25, 0.3) is 0 Å². The van der Waals surface area contributed by atoms with E-state index in [1.165, 1.54) is 0 Å². The zero-order valence-corrected chi connectivity index (χ0v) is 11.0. The highest BCUT2D eigenvalue weighted by molar-refractivity contribution is 9.10. The standard InChI is InChI=1S/C11H16BrNO3/c1-15-10-5-7(3-8(13)6-14)4-9(12)11(10)16-2/h4-5,8,14H,3,6,13H2,1-2H3. The zero-order chi connectivity index (χ0) is 12.1. The highest BCUT2D eigenvalue weighted by atomic mass is 79.9. The van der Waals surface area contributed by atoms with Gasteiger partial charge >= 0.3 is 0 Å². The smallest absolute Gasteiger partial charge is 0.174 e. The van der Waals surface area contributed by atoms with E-state index in [2.05, 4.69) is 15.9 Å². The molecule has 5 heteroatoms. The van der Waals surface area contributed by atoms with Gasteiger partial charge in [-0.3, -0.25) is 0 Å². The molecule has 1 rings (SSSR count). The Bertz CT molecular complexity index is 357. The Hall–Kier alpha value is -0.780. The molecule has 0 aromatic heterocycles. The fraction of sp³-hybridized carbons (Fsp3) is 0.455. The normalized spacial score (nSPS) is 12.3. The maximum Gasteiger partial charge on any atom is 0.174 e. The molecule has 0 saturated carbocycles. The lowest BCUT2D eigenvalue weighted by Gasteiger charge is -2.13. The lowest BCUT2D eigenvalue weighted by molar-refractivity contribution is 0.265. The summed E-state index contributed by atoms with van der Waals surface area (Å²) in [7, 11) is 3.17.